The van der Waals surface area contributed by atoms with Crippen molar-refractivity contribution in [3.8, 4) is 0 Å². The number of rotatable bonds is 6. The first kappa shape index (κ1) is 21.2. The van der Waals surface area contributed by atoms with E-state index < -0.39 is 10.0 Å². The number of hydrogen-bond acceptors (Lipinski definition) is 4. The van der Waals surface area contributed by atoms with E-state index >= 15 is 0 Å². The number of ether oxygens (including phenoxy) is 1. The molecule has 2 aliphatic rings. The van der Waals surface area contributed by atoms with Gasteiger partial charge in [0.05, 0.1) is 24.2 Å². The maximum atomic E-state index is 12.7. The summed E-state index contributed by atoms with van der Waals surface area (Å²) in [6, 6.07) is 6.73. The summed E-state index contributed by atoms with van der Waals surface area (Å²) in [6.45, 7) is 5.76. The van der Waals surface area contributed by atoms with Crippen LogP contribution in [-0.2, 0) is 19.6 Å². The van der Waals surface area contributed by atoms with Crippen LogP contribution in [0.15, 0.2) is 29.2 Å². The minimum atomic E-state index is -3.51. The molecule has 1 saturated carbocycles. The second-order valence-electron chi connectivity index (χ2n) is 7.94. The Balaban J connectivity index is 1.58. The Morgan fingerprint density at radius 1 is 1.18 bits per heavy atom. The smallest absolute Gasteiger partial charge is 0.282 e. The molecule has 156 valence electrons. The Morgan fingerprint density at radius 3 is 2.46 bits per heavy atom. The molecule has 1 saturated heterocycles. The molecule has 1 aromatic rings. The standard InChI is InChI=1S/C20H31N3O4S/c1-15-5-3-4-6-19(15)21-16(2)20(24)22-17-7-9-18(10-8-17)28(25,26)23-11-13-27-14-12-23/h7-10,15-16,19,21H,3-6,11-14H2,1-2H3,(H,22,24)/p+1/t15-,16-,19+/m0/s1. The SMILES string of the molecule is C[C@H]([NH2+][C@@H]1CCCC[C@@H]1C)C(=O)Nc1ccc(S(=O)(=O)N2CCOCC2)cc1. The monoisotopic (exact) mass is 410 g/mol. The molecule has 0 bridgehead atoms. The molecule has 7 nitrogen and oxygen atoms in total. The zero-order valence-corrected chi connectivity index (χ0v) is 17.6. The summed E-state index contributed by atoms with van der Waals surface area (Å²) < 4.78 is 32.0. The number of carbonyl (C=O) groups excluding carboxylic acids is 1. The Bertz CT molecular complexity index is 760. The maximum absolute atomic E-state index is 12.7. The van der Waals surface area contributed by atoms with Crippen molar-refractivity contribution >= 4 is 21.6 Å². The average molecular weight is 411 g/mol. The van der Waals surface area contributed by atoms with E-state index in [-0.39, 0.29) is 16.8 Å². The third-order valence-electron chi connectivity index (χ3n) is 5.86. The number of benzene rings is 1. The Hall–Kier alpha value is -1.48. The van der Waals surface area contributed by atoms with Crippen LogP contribution in [0.4, 0.5) is 5.69 Å². The Morgan fingerprint density at radius 2 is 1.82 bits per heavy atom. The van der Waals surface area contributed by atoms with Gasteiger partial charge in [-0.25, -0.2) is 8.42 Å². The minimum Gasteiger partial charge on any atom is -0.379 e. The summed E-state index contributed by atoms with van der Waals surface area (Å²) in [5.41, 5.74) is 0.614. The molecule has 1 heterocycles. The lowest BCUT2D eigenvalue weighted by Gasteiger charge is -2.28. The molecule has 1 aromatic carbocycles. The summed E-state index contributed by atoms with van der Waals surface area (Å²) in [4.78, 5) is 12.8. The zero-order chi connectivity index (χ0) is 20.1. The molecule has 2 fully saturated rings. The van der Waals surface area contributed by atoms with E-state index in [4.69, 9.17) is 4.74 Å². The van der Waals surface area contributed by atoms with Crippen molar-refractivity contribution < 1.29 is 23.3 Å². The largest absolute Gasteiger partial charge is 0.379 e. The number of hydrogen-bond donors (Lipinski definition) is 2. The van der Waals surface area contributed by atoms with Gasteiger partial charge in [-0.05, 0) is 50.5 Å². The van der Waals surface area contributed by atoms with Gasteiger partial charge in [0.25, 0.3) is 5.91 Å². The predicted molar refractivity (Wildman–Crippen MR) is 107 cm³/mol. The third-order valence-corrected chi connectivity index (χ3v) is 7.77. The van der Waals surface area contributed by atoms with E-state index in [0.717, 1.165) is 6.42 Å². The van der Waals surface area contributed by atoms with Gasteiger partial charge in [0.2, 0.25) is 10.0 Å². The van der Waals surface area contributed by atoms with Crippen LogP contribution in [0.3, 0.4) is 0 Å². The summed E-state index contributed by atoms with van der Waals surface area (Å²) >= 11 is 0. The predicted octanol–water partition coefficient (Wildman–Crippen LogP) is 1.18. The first-order valence-electron chi connectivity index (χ1n) is 10.2. The van der Waals surface area contributed by atoms with Gasteiger partial charge in [-0.1, -0.05) is 13.3 Å². The van der Waals surface area contributed by atoms with Crippen LogP contribution in [-0.4, -0.2) is 57.0 Å². The molecule has 0 radical (unpaired) electrons. The van der Waals surface area contributed by atoms with Crippen LogP contribution in [0.5, 0.6) is 0 Å². The molecular weight excluding hydrogens is 378 g/mol. The topological polar surface area (TPSA) is 92.3 Å². The fourth-order valence-electron chi connectivity index (χ4n) is 3.99. The summed E-state index contributed by atoms with van der Waals surface area (Å²) in [7, 11) is -3.51. The fraction of sp³-hybridized carbons (Fsp3) is 0.650. The Kier molecular flexibility index (Phi) is 7.09. The number of carbonyl (C=O) groups is 1. The molecule has 28 heavy (non-hydrogen) atoms. The average Bonchev–Trinajstić information content (AvgIpc) is 2.70. The molecule has 0 unspecified atom stereocenters. The van der Waals surface area contributed by atoms with Crippen molar-refractivity contribution in [1.82, 2.24) is 4.31 Å². The fourth-order valence-corrected chi connectivity index (χ4v) is 5.40. The highest BCUT2D eigenvalue weighted by Gasteiger charge is 2.29. The van der Waals surface area contributed by atoms with Gasteiger partial charge < -0.3 is 15.4 Å². The molecule has 3 N–H and O–H groups in total. The normalized spacial score (nSPS) is 25.2. The summed E-state index contributed by atoms with van der Waals surface area (Å²) in [6.07, 6.45) is 4.91. The van der Waals surface area contributed by atoms with Crippen LogP contribution in [0.25, 0.3) is 0 Å². The van der Waals surface area contributed by atoms with Gasteiger partial charge in [0.15, 0.2) is 6.04 Å². The van der Waals surface area contributed by atoms with E-state index in [1.165, 1.54) is 23.6 Å². The van der Waals surface area contributed by atoms with Crippen LogP contribution in [0.2, 0.25) is 0 Å². The summed E-state index contributed by atoms with van der Waals surface area (Å²) in [5.74, 6) is 0.579. The highest BCUT2D eigenvalue weighted by atomic mass is 32.2. The Labute approximate surface area is 167 Å². The highest BCUT2D eigenvalue weighted by molar-refractivity contribution is 7.89. The first-order valence-corrected chi connectivity index (χ1v) is 11.7. The van der Waals surface area contributed by atoms with E-state index in [9.17, 15) is 13.2 Å². The quantitative estimate of drug-likeness (QED) is 0.737. The van der Waals surface area contributed by atoms with E-state index in [1.807, 2.05) is 6.92 Å². The highest BCUT2D eigenvalue weighted by Crippen LogP contribution is 2.22. The molecule has 3 rings (SSSR count). The minimum absolute atomic E-state index is 0.0541. The van der Waals surface area contributed by atoms with Crippen molar-refractivity contribution in [3.05, 3.63) is 24.3 Å². The van der Waals surface area contributed by atoms with Crippen molar-refractivity contribution in [1.29, 1.82) is 0 Å². The van der Waals surface area contributed by atoms with Crippen molar-refractivity contribution in [3.63, 3.8) is 0 Å². The molecule has 3 atom stereocenters. The number of nitrogens with two attached hydrogens (primary N) is 1. The second-order valence-corrected chi connectivity index (χ2v) is 9.87. The molecule has 8 heteroatoms. The van der Waals surface area contributed by atoms with Crippen LogP contribution in [0.1, 0.15) is 39.5 Å². The number of nitrogens with one attached hydrogen (secondary N) is 1. The lowest BCUT2D eigenvalue weighted by Crippen LogP contribution is -2.97. The number of amides is 1. The van der Waals surface area contributed by atoms with Crippen molar-refractivity contribution in [2.24, 2.45) is 5.92 Å². The molecule has 1 aliphatic heterocycles. The van der Waals surface area contributed by atoms with Gasteiger partial charge in [-0.3, -0.25) is 4.79 Å². The van der Waals surface area contributed by atoms with Gasteiger partial charge in [-0.2, -0.15) is 4.31 Å². The lowest BCUT2D eigenvalue weighted by molar-refractivity contribution is -0.714. The lowest BCUT2D eigenvalue weighted by atomic mass is 9.85. The number of sulfonamides is 1. The van der Waals surface area contributed by atoms with Gasteiger partial charge >= 0.3 is 0 Å². The van der Waals surface area contributed by atoms with E-state index in [2.05, 4.69) is 17.6 Å². The molecule has 1 aliphatic carbocycles. The van der Waals surface area contributed by atoms with Gasteiger partial charge in [0, 0.05) is 24.7 Å². The third kappa shape index (κ3) is 5.11. The van der Waals surface area contributed by atoms with Gasteiger partial charge in [-0.15, -0.1) is 0 Å². The molecule has 1 amide bonds. The number of morpholine rings is 1. The molecule has 0 aromatic heterocycles. The number of quaternary nitrogens is 1. The zero-order valence-electron chi connectivity index (χ0n) is 16.8. The number of nitrogens with zero attached hydrogens (tertiary/aromatic N) is 1. The van der Waals surface area contributed by atoms with Crippen LogP contribution >= 0.6 is 0 Å². The van der Waals surface area contributed by atoms with Crippen molar-refractivity contribution in [2.45, 2.75) is 56.5 Å². The maximum Gasteiger partial charge on any atom is 0.282 e. The van der Waals surface area contributed by atoms with Crippen LogP contribution in [0, 0.1) is 5.92 Å². The van der Waals surface area contributed by atoms with Crippen molar-refractivity contribution in [2.75, 3.05) is 31.6 Å². The summed E-state index contributed by atoms with van der Waals surface area (Å²) in [5, 5.41) is 5.08. The second kappa shape index (κ2) is 9.35. The molecule has 0 spiro atoms. The molecular formula is C20H32N3O4S+. The van der Waals surface area contributed by atoms with E-state index in [0.29, 0.717) is 44.0 Å². The van der Waals surface area contributed by atoms with Crippen LogP contribution < -0.4 is 10.6 Å². The number of anilines is 1. The van der Waals surface area contributed by atoms with E-state index in [1.54, 1.807) is 24.3 Å². The first-order chi connectivity index (χ1) is 13.4. The van der Waals surface area contributed by atoms with Gasteiger partial charge in [0.1, 0.15) is 0 Å².